The van der Waals surface area contributed by atoms with Gasteiger partial charge in [0.25, 0.3) is 0 Å². The van der Waals surface area contributed by atoms with Crippen molar-refractivity contribution in [3.05, 3.63) is 46.5 Å². The quantitative estimate of drug-likeness (QED) is 0.746. The maximum Gasteiger partial charge on any atom is 0.143 e. The minimum Gasteiger partial charge on any atom is -0.497 e. The minimum atomic E-state index is 0.697. The fraction of sp³-hybridized carbons (Fsp3) is 0.214. The van der Waals surface area contributed by atoms with E-state index in [1.807, 2.05) is 30.4 Å². The molecule has 1 aliphatic heterocycles. The number of benzene rings is 1. The van der Waals surface area contributed by atoms with E-state index in [2.05, 4.69) is 11.0 Å². The topological polar surface area (TPSA) is 30.5 Å². The molecule has 0 atom stereocenters. The first-order valence-electron chi connectivity index (χ1n) is 5.61. The molecule has 1 saturated heterocycles. The molecular formula is C14H13NO2. The van der Waals surface area contributed by atoms with Gasteiger partial charge in [0.15, 0.2) is 0 Å². The lowest BCUT2D eigenvalue weighted by Crippen LogP contribution is -2.36. The van der Waals surface area contributed by atoms with Gasteiger partial charge in [-0.3, -0.25) is 0 Å². The molecule has 1 aromatic carbocycles. The summed E-state index contributed by atoms with van der Waals surface area (Å²) in [5.41, 5.74) is 4.25. The second-order valence-electron chi connectivity index (χ2n) is 3.90. The van der Waals surface area contributed by atoms with Gasteiger partial charge in [-0.15, -0.1) is 5.73 Å². The Labute approximate surface area is 99.4 Å². The molecule has 1 N–H and O–H groups in total. The van der Waals surface area contributed by atoms with Crippen LogP contribution in [0.5, 0.6) is 5.75 Å². The van der Waals surface area contributed by atoms with Crippen LogP contribution < -0.4 is 20.5 Å². The van der Waals surface area contributed by atoms with E-state index in [0.717, 1.165) is 34.2 Å². The number of hydrogen-bond acceptors (Lipinski definition) is 3. The molecule has 0 radical (unpaired) electrons. The molecule has 17 heavy (non-hydrogen) atoms. The average Bonchev–Trinajstić information content (AvgIpc) is 2.57. The summed E-state index contributed by atoms with van der Waals surface area (Å²) in [5.74, 6) is 1.71. The van der Waals surface area contributed by atoms with E-state index in [4.69, 9.17) is 9.47 Å². The van der Waals surface area contributed by atoms with Crippen molar-refractivity contribution in [3.8, 4) is 5.75 Å². The zero-order valence-corrected chi connectivity index (χ0v) is 9.62. The van der Waals surface area contributed by atoms with E-state index in [0.29, 0.717) is 6.61 Å². The Kier molecular flexibility index (Phi) is 2.39. The molecule has 1 fully saturated rings. The number of hydrogen-bond donors (Lipinski definition) is 1. The monoisotopic (exact) mass is 227 g/mol. The summed E-state index contributed by atoms with van der Waals surface area (Å²) < 4.78 is 10.9. The van der Waals surface area contributed by atoms with E-state index in [-0.39, 0.29) is 0 Å². The highest BCUT2D eigenvalue weighted by molar-refractivity contribution is 5.63. The molecule has 1 heterocycles. The minimum absolute atomic E-state index is 0.697. The summed E-state index contributed by atoms with van der Waals surface area (Å²) in [4.78, 5) is 0. The lowest BCUT2D eigenvalue weighted by molar-refractivity contribution is 0.212. The number of fused-ring (bicyclic) bond motifs is 2. The van der Waals surface area contributed by atoms with Crippen molar-refractivity contribution in [2.75, 3.05) is 20.3 Å². The summed E-state index contributed by atoms with van der Waals surface area (Å²) in [7, 11) is 1.67. The van der Waals surface area contributed by atoms with Crippen molar-refractivity contribution in [2.45, 2.75) is 0 Å². The normalized spacial score (nSPS) is 16.5. The van der Waals surface area contributed by atoms with Crippen molar-refractivity contribution in [1.82, 2.24) is 5.32 Å². The lowest BCUT2D eigenvalue weighted by Gasteiger charge is -2.21. The van der Waals surface area contributed by atoms with Gasteiger partial charge in [0.1, 0.15) is 18.1 Å². The SMILES string of the molecule is COc1ccc2c(c1)=C1NCCOC1=CC=C=2. The number of nitrogens with one attached hydrogen (secondary N) is 1. The maximum atomic E-state index is 5.64. The summed E-state index contributed by atoms with van der Waals surface area (Å²) in [5, 5.41) is 5.50. The van der Waals surface area contributed by atoms with Gasteiger partial charge in [-0.25, -0.2) is 0 Å². The number of ether oxygens (including phenoxy) is 2. The fourth-order valence-electron chi connectivity index (χ4n) is 2.05. The van der Waals surface area contributed by atoms with Crippen LogP contribution in [0.3, 0.4) is 0 Å². The van der Waals surface area contributed by atoms with Crippen LogP contribution in [-0.2, 0) is 4.74 Å². The predicted molar refractivity (Wildman–Crippen MR) is 65.7 cm³/mol. The van der Waals surface area contributed by atoms with E-state index < -0.39 is 0 Å². The lowest BCUT2D eigenvalue weighted by atomic mass is 10.1. The maximum absolute atomic E-state index is 5.64. The highest BCUT2D eigenvalue weighted by Crippen LogP contribution is 2.14. The van der Waals surface area contributed by atoms with Crippen molar-refractivity contribution in [1.29, 1.82) is 0 Å². The van der Waals surface area contributed by atoms with Crippen LogP contribution >= 0.6 is 0 Å². The highest BCUT2D eigenvalue weighted by atomic mass is 16.5. The van der Waals surface area contributed by atoms with E-state index in [9.17, 15) is 0 Å². The number of allylic oxidation sites excluding steroid dienone is 2. The molecule has 0 amide bonds. The zero-order chi connectivity index (χ0) is 11.7. The predicted octanol–water partition coefficient (Wildman–Crippen LogP) is 0.256. The molecule has 3 nitrogen and oxygen atoms in total. The smallest absolute Gasteiger partial charge is 0.143 e. The van der Waals surface area contributed by atoms with Gasteiger partial charge >= 0.3 is 0 Å². The van der Waals surface area contributed by atoms with Gasteiger partial charge in [0.2, 0.25) is 0 Å². The van der Waals surface area contributed by atoms with Crippen molar-refractivity contribution in [3.63, 3.8) is 0 Å². The van der Waals surface area contributed by atoms with Crippen LogP contribution in [0.1, 0.15) is 0 Å². The molecule has 1 aromatic rings. The van der Waals surface area contributed by atoms with Gasteiger partial charge < -0.3 is 14.8 Å². The highest BCUT2D eigenvalue weighted by Gasteiger charge is 2.14. The Morgan fingerprint density at radius 1 is 1.41 bits per heavy atom. The standard InChI is InChI=1S/C14H13NO2/c1-16-11-6-5-10-3-2-4-13-14(12(10)9-11)15-7-8-17-13/h2,4-6,9,15H,7-8H2,1H3. The van der Waals surface area contributed by atoms with E-state index >= 15 is 0 Å². The van der Waals surface area contributed by atoms with Gasteiger partial charge in [-0.05, 0) is 30.4 Å². The molecule has 2 aliphatic rings. The van der Waals surface area contributed by atoms with E-state index in [1.165, 1.54) is 0 Å². The van der Waals surface area contributed by atoms with Crippen LogP contribution in [0.25, 0.3) is 11.4 Å². The second kappa shape index (κ2) is 4.04. The summed E-state index contributed by atoms with van der Waals surface area (Å²) >= 11 is 0. The zero-order valence-electron chi connectivity index (χ0n) is 9.62. The number of morpholine rings is 1. The molecular weight excluding hydrogens is 214 g/mol. The van der Waals surface area contributed by atoms with Crippen molar-refractivity contribution >= 4 is 11.4 Å². The van der Waals surface area contributed by atoms with Crippen LogP contribution in [0, 0.1) is 0 Å². The Morgan fingerprint density at radius 3 is 3.24 bits per heavy atom. The molecule has 0 aromatic heterocycles. The Hall–Kier alpha value is -2.12. The van der Waals surface area contributed by atoms with Crippen molar-refractivity contribution < 1.29 is 9.47 Å². The molecule has 0 bridgehead atoms. The first kappa shape index (κ1) is 10.1. The van der Waals surface area contributed by atoms with Gasteiger partial charge in [0, 0.05) is 17.0 Å². The summed E-state index contributed by atoms with van der Waals surface area (Å²) in [6.07, 6.45) is 3.83. The number of methoxy groups -OCH3 is 1. The number of rotatable bonds is 1. The first-order valence-corrected chi connectivity index (χ1v) is 5.61. The average molecular weight is 227 g/mol. The Morgan fingerprint density at radius 2 is 2.35 bits per heavy atom. The third kappa shape index (κ3) is 1.71. The Bertz CT molecular complexity index is 637. The summed E-state index contributed by atoms with van der Waals surface area (Å²) in [6.45, 7) is 1.52. The molecule has 0 saturated carbocycles. The molecule has 1 aliphatic carbocycles. The van der Waals surface area contributed by atoms with Crippen molar-refractivity contribution in [2.24, 2.45) is 0 Å². The molecule has 3 heteroatoms. The third-order valence-corrected chi connectivity index (χ3v) is 2.88. The van der Waals surface area contributed by atoms with Crippen LogP contribution in [0.2, 0.25) is 0 Å². The largest absolute Gasteiger partial charge is 0.497 e. The van der Waals surface area contributed by atoms with Crippen LogP contribution in [-0.4, -0.2) is 20.3 Å². The molecule has 0 unspecified atom stereocenters. The van der Waals surface area contributed by atoms with Gasteiger partial charge in [-0.1, -0.05) is 0 Å². The third-order valence-electron chi connectivity index (χ3n) is 2.88. The van der Waals surface area contributed by atoms with Gasteiger partial charge in [-0.2, -0.15) is 0 Å². The molecule has 0 spiro atoms. The first-order chi connectivity index (χ1) is 8.38. The van der Waals surface area contributed by atoms with Crippen LogP contribution in [0.4, 0.5) is 0 Å². The molecule has 86 valence electrons. The van der Waals surface area contributed by atoms with Gasteiger partial charge in [0.05, 0.1) is 12.8 Å². The fourth-order valence-corrected chi connectivity index (χ4v) is 2.05. The summed E-state index contributed by atoms with van der Waals surface area (Å²) in [6, 6.07) is 5.95. The molecule has 3 rings (SSSR count). The Balaban J connectivity index is 2.35. The second-order valence-corrected chi connectivity index (χ2v) is 3.90. The van der Waals surface area contributed by atoms with Crippen LogP contribution in [0.15, 0.2) is 36.1 Å². The van der Waals surface area contributed by atoms with E-state index in [1.54, 1.807) is 7.11 Å².